The van der Waals surface area contributed by atoms with Crippen LogP contribution in [0.15, 0.2) is 60.8 Å². The van der Waals surface area contributed by atoms with Crippen molar-refractivity contribution >= 4 is 52.2 Å². The van der Waals surface area contributed by atoms with Gasteiger partial charge in [0.1, 0.15) is 17.3 Å². The summed E-state index contributed by atoms with van der Waals surface area (Å²) < 4.78 is 42.9. The Bertz CT molecular complexity index is 2190. The van der Waals surface area contributed by atoms with Gasteiger partial charge < -0.3 is 39.4 Å². The number of benzene rings is 3. The number of ether oxygens (including phenoxy) is 5. The van der Waals surface area contributed by atoms with Gasteiger partial charge in [0.15, 0.2) is 23.4 Å². The Balaban J connectivity index is 1.28. The molecule has 0 bridgehead atoms. The standard InChI is InChI=1S/C44H54FN5O10/c1-25-18-28(10-12-33(25)26(2)23-57-40(53)49-31-20-29(22-46-9)37(35(45)21-31)58-32-15-17-56-24-32)36(39(51)52)48-30-11-13-34-27(19-30)14-16-47-38(34)50(41(54)59-43(3,4)5)42(55)60-44(6,7)8/h10-14,16,18-21,26,32,36,46,48H,15,17,22-24H2,1-9H3,(H,49,53)(H,51,52)/t26-,32+,36?/m0/s1. The van der Waals surface area contributed by atoms with Gasteiger partial charge in [-0.25, -0.2) is 28.6 Å². The van der Waals surface area contributed by atoms with E-state index in [0.717, 1.165) is 16.0 Å². The van der Waals surface area contributed by atoms with Crippen molar-refractivity contribution in [2.45, 2.75) is 97.6 Å². The summed E-state index contributed by atoms with van der Waals surface area (Å²) in [6.07, 6.45) is -0.859. The van der Waals surface area contributed by atoms with Gasteiger partial charge in [-0.3, -0.25) is 5.32 Å². The van der Waals surface area contributed by atoms with E-state index in [4.69, 9.17) is 23.7 Å². The lowest BCUT2D eigenvalue weighted by Crippen LogP contribution is -2.44. The molecule has 60 heavy (non-hydrogen) atoms. The minimum Gasteiger partial charge on any atom is -0.485 e. The highest BCUT2D eigenvalue weighted by Crippen LogP contribution is 2.33. The van der Waals surface area contributed by atoms with Crippen LogP contribution in [0.1, 0.15) is 89.1 Å². The molecule has 4 aromatic rings. The number of hydrogen-bond acceptors (Lipinski definition) is 12. The van der Waals surface area contributed by atoms with E-state index in [9.17, 15) is 24.3 Å². The van der Waals surface area contributed by atoms with Gasteiger partial charge in [0.05, 0.1) is 19.8 Å². The molecule has 3 aromatic carbocycles. The van der Waals surface area contributed by atoms with Crippen molar-refractivity contribution in [3.05, 3.63) is 88.9 Å². The summed E-state index contributed by atoms with van der Waals surface area (Å²) in [6, 6.07) is 13.5. The monoisotopic (exact) mass is 831 g/mol. The van der Waals surface area contributed by atoms with Gasteiger partial charge in [-0.1, -0.05) is 25.1 Å². The van der Waals surface area contributed by atoms with Crippen molar-refractivity contribution in [3.63, 3.8) is 0 Å². The van der Waals surface area contributed by atoms with E-state index in [2.05, 4.69) is 20.9 Å². The molecule has 1 aliphatic rings. The van der Waals surface area contributed by atoms with E-state index in [1.807, 2.05) is 13.8 Å². The van der Waals surface area contributed by atoms with E-state index in [0.29, 0.717) is 53.8 Å². The Labute approximate surface area is 348 Å². The molecule has 1 saturated heterocycles. The zero-order chi connectivity index (χ0) is 43.9. The number of carboxylic acids is 1. The van der Waals surface area contributed by atoms with E-state index in [1.165, 1.54) is 12.3 Å². The number of carboxylic acid groups (broad SMARTS) is 1. The van der Waals surface area contributed by atoms with Gasteiger partial charge >= 0.3 is 24.2 Å². The molecule has 322 valence electrons. The highest BCUT2D eigenvalue weighted by atomic mass is 19.1. The summed E-state index contributed by atoms with van der Waals surface area (Å²) in [4.78, 5) is 57.2. The summed E-state index contributed by atoms with van der Waals surface area (Å²) in [5.74, 6) is -1.92. The number of aryl methyl sites for hydroxylation is 1. The van der Waals surface area contributed by atoms with Gasteiger partial charge in [-0.05, 0) is 108 Å². The number of carbonyl (C=O) groups is 4. The van der Waals surface area contributed by atoms with Crippen molar-refractivity contribution in [1.82, 2.24) is 10.3 Å². The van der Waals surface area contributed by atoms with E-state index < -0.39 is 47.3 Å². The molecule has 15 nitrogen and oxygen atoms in total. The third-order valence-corrected chi connectivity index (χ3v) is 9.19. The number of carbonyl (C=O) groups excluding carboxylic acids is 3. The molecular formula is C44H54FN5O10. The van der Waals surface area contributed by atoms with Crippen molar-refractivity contribution < 1.29 is 52.4 Å². The molecule has 0 spiro atoms. The van der Waals surface area contributed by atoms with Crippen LogP contribution in [0, 0.1) is 12.7 Å². The maximum atomic E-state index is 15.2. The SMILES string of the molecule is CNCc1cc(NC(=O)OC[C@H](C)c2ccc(C(Nc3ccc4c(N(C(=O)OC(C)(C)C)C(=O)OC(C)(C)C)nccc4c3)C(=O)O)cc2C)cc(F)c1O[C@@H]1CCOC1. The Hall–Kier alpha value is -6.00. The number of amides is 3. The molecular weight excluding hydrogens is 778 g/mol. The number of nitrogens with zero attached hydrogens (tertiary/aromatic N) is 2. The number of anilines is 3. The number of nitrogens with one attached hydrogen (secondary N) is 3. The van der Waals surface area contributed by atoms with Gasteiger partial charge in [0, 0.05) is 53.5 Å². The lowest BCUT2D eigenvalue weighted by atomic mass is 9.93. The van der Waals surface area contributed by atoms with Crippen molar-refractivity contribution in [2.75, 3.05) is 42.4 Å². The highest BCUT2D eigenvalue weighted by molar-refractivity contribution is 6.14. The first-order valence-corrected chi connectivity index (χ1v) is 19.6. The van der Waals surface area contributed by atoms with Crippen LogP contribution in [0.4, 0.5) is 36.0 Å². The number of aromatic nitrogens is 1. The average Bonchev–Trinajstić information content (AvgIpc) is 3.66. The Morgan fingerprint density at radius 3 is 2.27 bits per heavy atom. The van der Waals surface area contributed by atoms with E-state index in [1.54, 1.807) is 97.1 Å². The fraction of sp³-hybridized carbons (Fsp3) is 0.432. The average molecular weight is 832 g/mol. The molecule has 16 heteroatoms. The normalized spacial score (nSPS) is 15.1. The van der Waals surface area contributed by atoms with Gasteiger partial charge in [0.2, 0.25) is 0 Å². The van der Waals surface area contributed by atoms with Crippen LogP contribution in [0.3, 0.4) is 0 Å². The molecule has 3 atom stereocenters. The van der Waals surface area contributed by atoms with Crippen LogP contribution in [0.25, 0.3) is 10.8 Å². The second kappa shape index (κ2) is 18.9. The molecule has 4 N–H and O–H groups in total. The number of imide groups is 1. The molecule has 1 fully saturated rings. The minimum atomic E-state index is -1.16. The fourth-order valence-electron chi connectivity index (χ4n) is 6.57. The molecule has 1 aliphatic heterocycles. The number of hydrogen-bond donors (Lipinski definition) is 4. The number of pyridine rings is 1. The predicted molar refractivity (Wildman–Crippen MR) is 224 cm³/mol. The fourth-order valence-corrected chi connectivity index (χ4v) is 6.57. The smallest absolute Gasteiger partial charge is 0.425 e. The van der Waals surface area contributed by atoms with Crippen LogP contribution in [-0.2, 0) is 30.3 Å². The maximum absolute atomic E-state index is 15.2. The van der Waals surface area contributed by atoms with E-state index in [-0.39, 0.29) is 35.9 Å². The molecule has 1 unspecified atom stereocenters. The third-order valence-electron chi connectivity index (χ3n) is 9.19. The zero-order valence-corrected chi connectivity index (χ0v) is 35.4. The molecule has 3 amide bonds. The maximum Gasteiger partial charge on any atom is 0.425 e. The molecule has 0 aliphatic carbocycles. The summed E-state index contributed by atoms with van der Waals surface area (Å²) in [5.41, 5.74) is 1.44. The van der Waals surface area contributed by atoms with Crippen LogP contribution >= 0.6 is 0 Å². The number of fused-ring (bicyclic) bond motifs is 1. The van der Waals surface area contributed by atoms with Gasteiger partial charge in [0.25, 0.3) is 0 Å². The predicted octanol–water partition coefficient (Wildman–Crippen LogP) is 8.84. The summed E-state index contributed by atoms with van der Waals surface area (Å²) in [7, 11) is 1.73. The Morgan fingerprint density at radius 1 is 0.967 bits per heavy atom. The second-order valence-electron chi connectivity index (χ2n) is 16.6. The summed E-state index contributed by atoms with van der Waals surface area (Å²) >= 11 is 0. The Morgan fingerprint density at radius 2 is 1.67 bits per heavy atom. The molecule has 2 heterocycles. The first kappa shape index (κ1) is 45.1. The largest absolute Gasteiger partial charge is 0.485 e. The van der Waals surface area contributed by atoms with E-state index >= 15 is 4.39 Å². The molecule has 0 saturated carbocycles. The lowest BCUT2D eigenvalue weighted by Gasteiger charge is -2.28. The van der Waals surface area contributed by atoms with Gasteiger partial charge in [-0.15, -0.1) is 0 Å². The molecule has 5 rings (SSSR count). The van der Waals surface area contributed by atoms with Crippen LogP contribution in [0.2, 0.25) is 0 Å². The lowest BCUT2D eigenvalue weighted by molar-refractivity contribution is -0.138. The quantitative estimate of drug-likeness (QED) is 0.0937. The molecule has 0 radical (unpaired) electrons. The minimum absolute atomic E-state index is 0.00538. The van der Waals surface area contributed by atoms with Crippen LogP contribution < -0.4 is 25.6 Å². The second-order valence-corrected chi connectivity index (χ2v) is 16.6. The van der Waals surface area contributed by atoms with Crippen molar-refractivity contribution in [1.29, 1.82) is 0 Å². The Kier molecular flexibility index (Phi) is 14.2. The van der Waals surface area contributed by atoms with Crippen molar-refractivity contribution in [2.24, 2.45) is 0 Å². The van der Waals surface area contributed by atoms with Crippen LogP contribution in [0.5, 0.6) is 5.75 Å². The third kappa shape index (κ3) is 11.8. The van der Waals surface area contributed by atoms with Gasteiger partial charge in [-0.2, -0.15) is 4.90 Å². The first-order chi connectivity index (χ1) is 28.2. The number of aliphatic carboxylic acids is 1. The topological polar surface area (TPSA) is 187 Å². The number of rotatable bonds is 13. The number of halogens is 1. The highest BCUT2D eigenvalue weighted by Gasteiger charge is 2.35. The summed E-state index contributed by atoms with van der Waals surface area (Å²) in [5, 5.41) is 20.0. The summed E-state index contributed by atoms with van der Waals surface area (Å²) in [6.45, 7) is 15.0. The first-order valence-electron chi connectivity index (χ1n) is 19.6. The molecule has 1 aromatic heterocycles. The zero-order valence-electron chi connectivity index (χ0n) is 35.4. The van der Waals surface area contributed by atoms with Crippen molar-refractivity contribution in [3.8, 4) is 5.75 Å². The van der Waals surface area contributed by atoms with Crippen LogP contribution in [-0.4, -0.2) is 78.5 Å².